The number of hydrogen-bond donors (Lipinski definition) is 1. The van der Waals surface area contributed by atoms with E-state index < -0.39 is 0 Å². The van der Waals surface area contributed by atoms with E-state index in [0.29, 0.717) is 12.3 Å². The Morgan fingerprint density at radius 1 is 0.739 bits per heavy atom. The van der Waals surface area contributed by atoms with Crippen LogP contribution in [-0.2, 0) is 4.79 Å². The first-order chi connectivity index (χ1) is 11.2. The first kappa shape index (κ1) is 22.6. The summed E-state index contributed by atoms with van der Waals surface area (Å²) in [5, 5.41) is 8.70. The van der Waals surface area contributed by atoms with Crippen LogP contribution in [0.25, 0.3) is 0 Å². The van der Waals surface area contributed by atoms with Crippen LogP contribution in [0.15, 0.2) is 0 Å². The third kappa shape index (κ3) is 17.8. The fraction of sp³-hybridized carbons (Fsp3) is 0.952. The van der Waals surface area contributed by atoms with Crippen molar-refractivity contribution in [2.24, 2.45) is 5.92 Å². The van der Waals surface area contributed by atoms with E-state index in [4.69, 9.17) is 5.11 Å². The summed E-state index contributed by atoms with van der Waals surface area (Å²) < 4.78 is 0. The molecule has 0 aliphatic carbocycles. The topological polar surface area (TPSA) is 37.3 Å². The molecule has 0 aliphatic rings. The molecule has 0 aliphatic heterocycles. The standard InChI is InChI=1S/C21H42O2/c1-3-4-5-6-7-8-9-10-11-12-13-14-15-16-20(2)17-18-21(23)19-22/h20,22H,3-19H2,1-2H3. The summed E-state index contributed by atoms with van der Waals surface area (Å²) in [6.45, 7) is 4.22. The van der Waals surface area contributed by atoms with E-state index in [1.165, 1.54) is 89.9 Å². The van der Waals surface area contributed by atoms with Crippen molar-refractivity contribution in [3.8, 4) is 0 Å². The summed E-state index contributed by atoms with van der Waals surface area (Å²) in [5.41, 5.74) is 0. The van der Waals surface area contributed by atoms with Crippen LogP contribution in [0.5, 0.6) is 0 Å². The molecule has 2 nitrogen and oxygen atoms in total. The number of rotatable bonds is 18. The van der Waals surface area contributed by atoms with Gasteiger partial charge in [-0.3, -0.25) is 4.79 Å². The minimum atomic E-state index is -0.286. The van der Waals surface area contributed by atoms with Gasteiger partial charge in [0, 0.05) is 6.42 Å². The molecule has 0 fully saturated rings. The van der Waals surface area contributed by atoms with Gasteiger partial charge >= 0.3 is 0 Å². The highest BCUT2D eigenvalue weighted by molar-refractivity contribution is 5.79. The lowest BCUT2D eigenvalue weighted by Crippen LogP contribution is -2.06. The lowest BCUT2D eigenvalue weighted by molar-refractivity contribution is -0.122. The van der Waals surface area contributed by atoms with Crippen LogP contribution in [0.4, 0.5) is 0 Å². The molecule has 1 unspecified atom stereocenters. The van der Waals surface area contributed by atoms with E-state index >= 15 is 0 Å². The van der Waals surface area contributed by atoms with Crippen molar-refractivity contribution in [2.75, 3.05) is 6.61 Å². The first-order valence-electron chi connectivity index (χ1n) is 10.3. The molecule has 0 rings (SSSR count). The number of ketones is 1. The Hall–Kier alpha value is -0.370. The molecule has 0 radical (unpaired) electrons. The largest absolute Gasteiger partial charge is 0.389 e. The van der Waals surface area contributed by atoms with Crippen LogP contribution in [0.3, 0.4) is 0 Å². The third-order valence-corrected chi connectivity index (χ3v) is 4.89. The molecule has 138 valence electrons. The Morgan fingerprint density at radius 3 is 1.61 bits per heavy atom. The quantitative estimate of drug-likeness (QED) is 0.294. The fourth-order valence-corrected chi connectivity index (χ4v) is 3.14. The second-order valence-corrected chi connectivity index (χ2v) is 7.37. The highest BCUT2D eigenvalue weighted by Crippen LogP contribution is 2.17. The summed E-state index contributed by atoms with van der Waals surface area (Å²) >= 11 is 0. The van der Waals surface area contributed by atoms with Gasteiger partial charge in [0.05, 0.1) is 0 Å². The zero-order valence-corrected chi connectivity index (χ0v) is 16.0. The number of Topliss-reactive ketones (excluding diaryl/α,β-unsaturated/α-hetero) is 1. The molecule has 2 heteroatoms. The molecule has 0 saturated heterocycles. The normalized spacial score (nSPS) is 12.5. The van der Waals surface area contributed by atoms with Crippen LogP contribution in [0.1, 0.15) is 117 Å². The zero-order valence-electron chi connectivity index (χ0n) is 16.0. The summed E-state index contributed by atoms with van der Waals surface area (Å²) in [7, 11) is 0. The van der Waals surface area contributed by atoms with E-state index in [-0.39, 0.29) is 12.4 Å². The van der Waals surface area contributed by atoms with Crippen LogP contribution in [-0.4, -0.2) is 17.5 Å². The van der Waals surface area contributed by atoms with Crippen molar-refractivity contribution in [3.63, 3.8) is 0 Å². The molecule has 0 heterocycles. The summed E-state index contributed by atoms with van der Waals surface area (Å²) in [4.78, 5) is 11.1. The first-order valence-corrected chi connectivity index (χ1v) is 10.3. The van der Waals surface area contributed by atoms with Gasteiger partial charge in [0.25, 0.3) is 0 Å². The summed E-state index contributed by atoms with van der Waals surface area (Å²) in [6, 6.07) is 0. The van der Waals surface area contributed by atoms with Crippen molar-refractivity contribution in [1.82, 2.24) is 0 Å². The van der Waals surface area contributed by atoms with Crippen molar-refractivity contribution in [3.05, 3.63) is 0 Å². The fourth-order valence-electron chi connectivity index (χ4n) is 3.14. The third-order valence-electron chi connectivity index (χ3n) is 4.89. The summed E-state index contributed by atoms with van der Waals surface area (Å²) in [5.74, 6) is 0.612. The second kappa shape index (κ2) is 18.0. The van der Waals surface area contributed by atoms with Gasteiger partial charge in [0.1, 0.15) is 6.61 Å². The maximum Gasteiger partial charge on any atom is 0.158 e. The minimum absolute atomic E-state index is 0.0118. The Bertz CT molecular complexity index is 250. The van der Waals surface area contributed by atoms with E-state index in [0.717, 1.165) is 6.42 Å². The van der Waals surface area contributed by atoms with Gasteiger partial charge in [0.2, 0.25) is 0 Å². The molecule has 0 aromatic rings. The molecule has 1 atom stereocenters. The number of carbonyl (C=O) groups excluding carboxylic acids is 1. The molecule has 0 aromatic heterocycles. The van der Waals surface area contributed by atoms with Gasteiger partial charge in [-0.15, -0.1) is 0 Å². The van der Waals surface area contributed by atoms with Crippen molar-refractivity contribution in [2.45, 2.75) is 117 Å². The molecular formula is C21H42O2. The Morgan fingerprint density at radius 2 is 1.17 bits per heavy atom. The highest BCUT2D eigenvalue weighted by Gasteiger charge is 2.05. The zero-order chi connectivity index (χ0) is 17.2. The highest BCUT2D eigenvalue weighted by atomic mass is 16.3. The van der Waals surface area contributed by atoms with Crippen molar-refractivity contribution >= 4 is 5.78 Å². The van der Waals surface area contributed by atoms with Gasteiger partial charge in [-0.05, 0) is 12.3 Å². The van der Waals surface area contributed by atoms with E-state index in [2.05, 4.69) is 13.8 Å². The average Bonchev–Trinajstić information content (AvgIpc) is 2.56. The predicted molar refractivity (Wildman–Crippen MR) is 101 cm³/mol. The molecule has 23 heavy (non-hydrogen) atoms. The maximum absolute atomic E-state index is 11.1. The number of hydrogen-bond acceptors (Lipinski definition) is 2. The lowest BCUT2D eigenvalue weighted by atomic mass is 9.96. The SMILES string of the molecule is CCCCCCCCCCCCCCCC(C)CCC(=O)CO. The molecule has 0 bridgehead atoms. The summed E-state index contributed by atoms with van der Waals surface area (Å²) in [6.07, 6.45) is 20.9. The predicted octanol–water partition coefficient (Wildman–Crippen LogP) is 6.45. The number of aliphatic hydroxyl groups is 1. The molecule has 1 N–H and O–H groups in total. The van der Waals surface area contributed by atoms with Gasteiger partial charge in [-0.25, -0.2) is 0 Å². The van der Waals surface area contributed by atoms with Crippen LogP contribution < -0.4 is 0 Å². The van der Waals surface area contributed by atoms with Crippen molar-refractivity contribution in [1.29, 1.82) is 0 Å². The minimum Gasteiger partial charge on any atom is -0.389 e. The molecule has 0 aromatic carbocycles. The Balaban J connectivity index is 3.14. The number of unbranched alkanes of at least 4 members (excludes halogenated alkanes) is 12. The van der Waals surface area contributed by atoms with Gasteiger partial charge < -0.3 is 5.11 Å². The smallest absolute Gasteiger partial charge is 0.158 e. The number of carbonyl (C=O) groups is 1. The van der Waals surface area contributed by atoms with Gasteiger partial charge in [0.15, 0.2) is 5.78 Å². The van der Waals surface area contributed by atoms with Gasteiger partial charge in [-0.1, -0.05) is 104 Å². The van der Waals surface area contributed by atoms with E-state index in [1.54, 1.807) is 0 Å². The van der Waals surface area contributed by atoms with Crippen LogP contribution in [0.2, 0.25) is 0 Å². The molecule has 0 amide bonds. The lowest BCUT2D eigenvalue weighted by Gasteiger charge is -2.10. The van der Waals surface area contributed by atoms with Crippen molar-refractivity contribution < 1.29 is 9.90 Å². The van der Waals surface area contributed by atoms with E-state index in [9.17, 15) is 4.79 Å². The molecule has 0 saturated carbocycles. The number of aliphatic hydroxyl groups excluding tert-OH is 1. The van der Waals surface area contributed by atoms with Crippen LogP contribution in [0, 0.1) is 5.92 Å². The second-order valence-electron chi connectivity index (χ2n) is 7.37. The Labute approximate surface area is 145 Å². The van der Waals surface area contributed by atoms with Crippen LogP contribution >= 0.6 is 0 Å². The molecule has 0 spiro atoms. The monoisotopic (exact) mass is 326 g/mol. The average molecular weight is 327 g/mol. The maximum atomic E-state index is 11.1. The molecular weight excluding hydrogens is 284 g/mol. The van der Waals surface area contributed by atoms with E-state index in [1.807, 2.05) is 0 Å². The Kier molecular flexibility index (Phi) is 17.7. The van der Waals surface area contributed by atoms with Gasteiger partial charge in [-0.2, -0.15) is 0 Å².